The van der Waals surface area contributed by atoms with Crippen molar-refractivity contribution in [2.24, 2.45) is 0 Å². The Morgan fingerprint density at radius 3 is 2.77 bits per heavy atom. The molecule has 0 radical (unpaired) electrons. The van der Waals surface area contributed by atoms with Crippen LogP contribution >= 0.6 is 0 Å². The van der Waals surface area contributed by atoms with Gasteiger partial charge in [-0.25, -0.2) is 0 Å². The highest BCUT2D eigenvalue weighted by Crippen LogP contribution is 2.13. The Morgan fingerprint density at radius 2 is 2.09 bits per heavy atom. The molecule has 0 aliphatic carbocycles. The molecule has 0 fully saturated rings. The van der Waals surface area contributed by atoms with Crippen molar-refractivity contribution in [2.75, 3.05) is 7.05 Å². The zero-order chi connectivity index (χ0) is 15.8. The van der Waals surface area contributed by atoms with Gasteiger partial charge in [0.15, 0.2) is 5.82 Å². The summed E-state index contributed by atoms with van der Waals surface area (Å²) >= 11 is 0. The lowest BCUT2D eigenvalue weighted by molar-refractivity contribution is -0.122. The number of hydrogen-bond donors (Lipinski definition) is 2. The molecular weight excluding hydrogens is 280 g/mol. The van der Waals surface area contributed by atoms with Crippen LogP contribution in [0.15, 0.2) is 34.9 Å². The van der Waals surface area contributed by atoms with Crippen LogP contribution in [0.3, 0.4) is 0 Å². The Morgan fingerprint density at radius 1 is 1.32 bits per heavy atom. The van der Waals surface area contributed by atoms with Crippen LogP contribution in [0.2, 0.25) is 0 Å². The number of rotatable bonds is 8. The maximum Gasteiger partial charge on any atom is 0.241 e. The van der Waals surface area contributed by atoms with Gasteiger partial charge in [-0.1, -0.05) is 48.8 Å². The van der Waals surface area contributed by atoms with Gasteiger partial charge in [0.05, 0.1) is 6.54 Å². The number of nitrogens with one attached hydrogen (secondary N) is 2. The van der Waals surface area contributed by atoms with Gasteiger partial charge in [0, 0.05) is 13.5 Å². The fourth-order valence-corrected chi connectivity index (χ4v) is 2.14. The lowest BCUT2D eigenvalue weighted by atomic mass is 10.1. The van der Waals surface area contributed by atoms with Crippen LogP contribution in [0.1, 0.15) is 43.1 Å². The van der Waals surface area contributed by atoms with Crippen molar-refractivity contribution < 1.29 is 9.32 Å². The van der Waals surface area contributed by atoms with E-state index in [2.05, 4.69) is 27.7 Å². The number of hydrogen-bond acceptors (Lipinski definition) is 5. The molecule has 1 amide bonds. The van der Waals surface area contributed by atoms with Crippen molar-refractivity contribution in [3.05, 3.63) is 47.6 Å². The zero-order valence-electron chi connectivity index (χ0n) is 13.0. The van der Waals surface area contributed by atoms with Crippen molar-refractivity contribution in [1.82, 2.24) is 20.8 Å². The third kappa shape index (κ3) is 4.39. The quantitative estimate of drug-likeness (QED) is 0.779. The van der Waals surface area contributed by atoms with Gasteiger partial charge in [0.1, 0.15) is 6.04 Å². The first-order chi connectivity index (χ1) is 10.7. The van der Waals surface area contributed by atoms with E-state index >= 15 is 0 Å². The van der Waals surface area contributed by atoms with E-state index in [9.17, 15) is 4.79 Å². The molecule has 0 unspecified atom stereocenters. The van der Waals surface area contributed by atoms with E-state index in [-0.39, 0.29) is 5.91 Å². The number of amides is 1. The minimum Gasteiger partial charge on any atom is -0.358 e. The molecule has 22 heavy (non-hydrogen) atoms. The molecule has 0 aliphatic rings. The number of likely N-dealkylation sites (N-methyl/N-ethyl adjacent to an activating group) is 1. The average molecular weight is 302 g/mol. The second kappa shape index (κ2) is 8.29. The van der Waals surface area contributed by atoms with E-state index in [1.807, 2.05) is 30.3 Å². The number of nitrogens with zero attached hydrogens (tertiary/aromatic N) is 2. The molecule has 2 N–H and O–H groups in total. The fraction of sp³-hybridized carbons (Fsp3) is 0.438. The third-order valence-electron chi connectivity index (χ3n) is 3.36. The lowest BCUT2D eigenvalue weighted by Crippen LogP contribution is -2.35. The Bertz CT molecular complexity index is 583. The summed E-state index contributed by atoms with van der Waals surface area (Å²) in [5, 5.41) is 9.77. The molecule has 118 valence electrons. The monoisotopic (exact) mass is 302 g/mol. The van der Waals surface area contributed by atoms with Crippen molar-refractivity contribution >= 4 is 5.91 Å². The third-order valence-corrected chi connectivity index (χ3v) is 3.36. The molecule has 2 aromatic rings. The summed E-state index contributed by atoms with van der Waals surface area (Å²) in [4.78, 5) is 16.4. The van der Waals surface area contributed by atoms with Crippen LogP contribution in [0.5, 0.6) is 0 Å². The van der Waals surface area contributed by atoms with Crippen molar-refractivity contribution in [3.8, 4) is 0 Å². The highest BCUT2D eigenvalue weighted by Gasteiger charge is 2.19. The maximum atomic E-state index is 12.0. The van der Waals surface area contributed by atoms with Crippen molar-refractivity contribution in [2.45, 2.75) is 38.8 Å². The molecule has 1 atom stereocenters. The molecule has 0 saturated carbocycles. The first-order valence-electron chi connectivity index (χ1n) is 7.56. The van der Waals surface area contributed by atoms with Gasteiger partial charge in [0.2, 0.25) is 11.8 Å². The molecule has 1 aromatic carbocycles. The fourth-order valence-electron chi connectivity index (χ4n) is 2.14. The molecule has 6 heteroatoms. The van der Waals surface area contributed by atoms with Gasteiger partial charge >= 0.3 is 0 Å². The summed E-state index contributed by atoms with van der Waals surface area (Å²) < 4.78 is 5.21. The summed E-state index contributed by atoms with van der Waals surface area (Å²) in [6, 6.07) is 9.10. The van der Waals surface area contributed by atoms with E-state index < -0.39 is 6.04 Å². The molecule has 0 saturated heterocycles. The largest absolute Gasteiger partial charge is 0.358 e. The Labute approximate surface area is 130 Å². The highest BCUT2D eigenvalue weighted by molar-refractivity contribution is 5.82. The highest BCUT2D eigenvalue weighted by atomic mass is 16.5. The lowest BCUT2D eigenvalue weighted by Gasteiger charge is -2.16. The van der Waals surface area contributed by atoms with E-state index in [1.165, 1.54) is 0 Å². The van der Waals surface area contributed by atoms with E-state index in [1.54, 1.807) is 7.05 Å². The molecule has 1 aromatic heterocycles. The van der Waals surface area contributed by atoms with Crippen LogP contribution < -0.4 is 10.6 Å². The van der Waals surface area contributed by atoms with Gasteiger partial charge in [-0.05, 0) is 12.0 Å². The maximum absolute atomic E-state index is 12.0. The van der Waals surface area contributed by atoms with Gasteiger partial charge in [-0.3, -0.25) is 10.1 Å². The van der Waals surface area contributed by atoms with Crippen LogP contribution in [-0.2, 0) is 17.8 Å². The number of unbranched alkanes of at least 4 members (excludes halogenated alkanes) is 1. The van der Waals surface area contributed by atoms with Crippen LogP contribution in [-0.4, -0.2) is 23.1 Å². The van der Waals surface area contributed by atoms with Crippen LogP contribution in [0.25, 0.3) is 0 Å². The Hall–Kier alpha value is -2.21. The summed E-state index contributed by atoms with van der Waals surface area (Å²) in [5.74, 6) is 1.11. The first-order valence-corrected chi connectivity index (χ1v) is 7.56. The number of carbonyl (C=O) groups is 1. The van der Waals surface area contributed by atoms with Gasteiger partial charge in [-0.15, -0.1) is 0 Å². The van der Waals surface area contributed by atoms with Gasteiger partial charge in [0.25, 0.3) is 0 Å². The van der Waals surface area contributed by atoms with E-state index in [4.69, 9.17) is 4.52 Å². The topological polar surface area (TPSA) is 80.0 Å². The molecular formula is C16H22N4O2. The molecule has 0 aliphatic heterocycles. The summed E-state index contributed by atoms with van der Waals surface area (Å²) in [5.41, 5.74) is 0.896. The van der Waals surface area contributed by atoms with Gasteiger partial charge < -0.3 is 9.84 Å². The number of aryl methyl sites for hydroxylation is 1. The molecule has 0 bridgehead atoms. The molecule has 6 nitrogen and oxygen atoms in total. The van der Waals surface area contributed by atoms with E-state index in [0.717, 1.165) is 30.7 Å². The number of carbonyl (C=O) groups excluding carboxylic acids is 1. The minimum atomic E-state index is -0.447. The zero-order valence-corrected chi connectivity index (χ0v) is 13.0. The number of aromatic nitrogens is 2. The second-order valence-electron chi connectivity index (χ2n) is 5.05. The predicted molar refractivity (Wildman–Crippen MR) is 83.0 cm³/mol. The molecule has 1 heterocycles. The van der Waals surface area contributed by atoms with Crippen molar-refractivity contribution in [3.63, 3.8) is 0 Å². The van der Waals surface area contributed by atoms with Crippen LogP contribution in [0.4, 0.5) is 0 Å². The first kappa shape index (κ1) is 16.2. The molecule has 0 spiro atoms. The normalized spacial score (nSPS) is 12.1. The Balaban J connectivity index is 1.99. The second-order valence-corrected chi connectivity index (χ2v) is 5.05. The smallest absolute Gasteiger partial charge is 0.241 e. The predicted octanol–water partition coefficient (Wildman–Crippen LogP) is 1.99. The van der Waals surface area contributed by atoms with Crippen LogP contribution in [0, 0.1) is 0 Å². The summed E-state index contributed by atoms with van der Waals surface area (Å²) in [7, 11) is 1.62. The summed E-state index contributed by atoms with van der Waals surface area (Å²) in [6.45, 7) is 2.47. The molecule has 2 rings (SSSR count). The van der Waals surface area contributed by atoms with Gasteiger partial charge in [-0.2, -0.15) is 4.98 Å². The van der Waals surface area contributed by atoms with E-state index in [0.29, 0.717) is 12.4 Å². The summed E-state index contributed by atoms with van der Waals surface area (Å²) in [6.07, 6.45) is 2.95. The standard InChI is InChI=1S/C16H22N4O2/c1-3-4-10-13-19-14(22-20-13)11-18-15(16(21)17-2)12-8-6-5-7-9-12/h5-9,15,18H,3-4,10-11H2,1-2H3,(H,17,21)/t15-/m1/s1. The Kier molecular flexibility index (Phi) is 6.09. The number of benzene rings is 1. The van der Waals surface area contributed by atoms with Crippen molar-refractivity contribution in [1.29, 1.82) is 0 Å². The minimum absolute atomic E-state index is 0.100. The average Bonchev–Trinajstić information content (AvgIpc) is 3.01. The SMILES string of the molecule is CCCCc1noc(CN[C@@H](C(=O)NC)c2ccccc2)n1.